The largest absolute Gasteiger partial charge is 0.464 e. The zero-order valence-corrected chi connectivity index (χ0v) is 14.0. The molecule has 0 unspecified atom stereocenters. The van der Waals surface area contributed by atoms with Gasteiger partial charge in [-0.05, 0) is 35.0 Å². The molecule has 0 aliphatic carbocycles. The number of anilines is 1. The van der Waals surface area contributed by atoms with Crippen molar-refractivity contribution >= 4 is 33.3 Å². The van der Waals surface area contributed by atoms with Gasteiger partial charge in [0.25, 0.3) is 0 Å². The highest BCUT2D eigenvalue weighted by atomic mass is 19.4. The summed E-state index contributed by atoms with van der Waals surface area (Å²) in [6.45, 7) is 0. The molecule has 0 aliphatic rings. The van der Waals surface area contributed by atoms with Gasteiger partial charge < -0.3 is 9.73 Å². The highest BCUT2D eigenvalue weighted by Gasteiger charge is 2.30. The number of alkyl halides is 3. The minimum atomic E-state index is -4.46. The van der Waals surface area contributed by atoms with Crippen molar-refractivity contribution in [3.8, 4) is 0 Å². The Balaban J connectivity index is 1.61. The molecule has 136 valence electrons. The second-order valence-corrected chi connectivity index (χ2v) is 6.22. The van der Waals surface area contributed by atoms with Crippen LogP contribution in [0.25, 0.3) is 21.7 Å². The fraction of sp³-hybridized carbons (Fsp3) is 0.0952. The van der Waals surface area contributed by atoms with E-state index in [0.717, 1.165) is 28.3 Å². The molecule has 3 nitrogen and oxygen atoms in total. The summed E-state index contributed by atoms with van der Waals surface area (Å²) in [6.07, 6.45) is -2.94. The van der Waals surface area contributed by atoms with Crippen LogP contribution in [0.15, 0.2) is 71.3 Å². The van der Waals surface area contributed by atoms with Gasteiger partial charge in [0.1, 0.15) is 5.58 Å². The van der Waals surface area contributed by atoms with Crippen molar-refractivity contribution in [3.63, 3.8) is 0 Å². The Morgan fingerprint density at radius 1 is 1.00 bits per heavy atom. The van der Waals surface area contributed by atoms with Gasteiger partial charge in [0.05, 0.1) is 18.2 Å². The molecule has 1 N–H and O–H groups in total. The average Bonchev–Trinajstić information content (AvgIpc) is 3.04. The van der Waals surface area contributed by atoms with Crippen LogP contribution in [0.4, 0.5) is 18.9 Å². The molecule has 0 aliphatic heterocycles. The minimum Gasteiger partial charge on any atom is -0.464 e. The molecule has 0 fully saturated rings. The van der Waals surface area contributed by atoms with Crippen molar-refractivity contribution in [2.24, 2.45) is 0 Å². The van der Waals surface area contributed by atoms with Crippen LogP contribution in [-0.4, -0.2) is 5.91 Å². The lowest BCUT2D eigenvalue weighted by atomic mass is 10.0. The van der Waals surface area contributed by atoms with E-state index in [9.17, 15) is 18.0 Å². The first-order chi connectivity index (χ1) is 12.9. The second-order valence-electron chi connectivity index (χ2n) is 6.22. The smallest absolute Gasteiger partial charge is 0.416 e. The van der Waals surface area contributed by atoms with Gasteiger partial charge in [0.15, 0.2) is 0 Å². The number of carbonyl (C=O) groups is 1. The van der Waals surface area contributed by atoms with E-state index in [1.165, 1.54) is 18.4 Å². The third kappa shape index (κ3) is 3.38. The number of rotatable bonds is 3. The lowest BCUT2D eigenvalue weighted by Gasteiger charge is -2.10. The molecule has 4 aromatic rings. The summed E-state index contributed by atoms with van der Waals surface area (Å²) in [6, 6.07) is 16.1. The van der Waals surface area contributed by atoms with Gasteiger partial charge in [-0.25, -0.2) is 0 Å². The Morgan fingerprint density at radius 2 is 1.81 bits per heavy atom. The van der Waals surface area contributed by atoms with Gasteiger partial charge in [-0.3, -0.25) is 4.79 Å². The van der Waals surface area contributed by atoms with Gasteiger partial charge in [0.2, 0.25) is 5.91 Å². The highest BCUT2D eigenvalue weighted by molar-refractivity contribution is 6.09. The molecule has 3 aromatic carbocycles. The Kier molecular flexibility index (Phi) is 4.11. The SMILES string of the molecule is O=C(Cc1coc2ccc3ccccc3c12)Nc1cccc(C(F)(F)F)c1. The Hall–Kier alpha value is -3.28. The molecule has 0 spiro atoms. The van der Waals surface area contributed by atoms with E-state index in [1.54, 1.807) is 0 Å². The molecule has 0 radical (unpaired) electrons. The lowest BCUT2D eigenvalue weighted by molar-refractivity contribution is -0.137. The summed E-state index contributed by atoms with van der Waals surface area (Å²) < 4.78 is 44.0. The fourth-order valence-electron chi connectivity index (χ4n) is 3.16. The van der Waals surface area contributed by atoms with Crippen LogP contribution in [0.5, 0.6) is 0 Å². The first-order valence-corrected chi connectivity index (χ1v) is 8.27. The number of benzene rings is 3. The van der Waals surface area contributed by atoms with Crippen LogP contribution >= 0.6 is 0 Å². The average molecular weight is 369 g/mol. The van der Waals surface area contributed by atoms with Gasteiger partial charge in [0, 0.05) is 16.6 Å². The molecule has 6 heteroatoms. The molecular formula is C21H14F3NO2. The number of furan rings is 1. The predicted octanol–water partition coefficient (Wildman–Crippen LogP) is 5.79. The van der Waals surface area contributed by atoms with Gasteiger partial charge in [-0.1, -0.05) is 36.4 Å². The molecule has 1 amide bonds. The van der Waals surface area contributed by atoms with Crippen LogP contribution < -0.4 is 5.32 Å². The standard InChI is InChI=1S/C21H14F3NO2/c22-21(23,24)15-5-3-6-16(11-15)25-19(26)10-14-12-27-18-9-8-13-4-1-2-7-17(13)20(14)18/h1-9,11-12H,10H2,(H,25,26). The van der Waals surface area contributed by atoms with E-state index in [2.05, 4.69) is 5.32 Å². The van der Waals surface area contributed by atoms with Gasteiger partial charge >= 0.3 is 6.18 Å². The Morgan fingerprint density at radius 3 is 2.63 bits per heavy atom. The number of hydrogen-bond acceptors (Lipinski definition) is 2. The fourth-order valence-corrected chi connectivity index (χ4v) is 3.16. The van der Waals surface area contributed by atoms with E-state index in [1.807, 2.05) is 36.4 Å². The lowest BCUT2D eigenvalue weighted by Crippen LogP contribution is -2.15. The summed E-state index contributed by atoms with van der Waals surface area (Å²) in [5.41, 5.74) is 0.648. The number of nitrogens with one attached hydrogen (secondary N) is 1. The molecule has 0 bridgehead atoms. The van der Waals surface area contributed by atoms with Crippen LogP contribution in [0, 0.1) is 0 Å². The Labute approximate surface area is 152 Å². The highest BCUT2D eigenvalue weighted by Crippen LogP contribution is 2.32. The van der Waals surface area contributed by atoms with Crippen molar-refractivity contribution in [1.29, 1.82) is 0 Å². The zero-order valence-electron chi connectivity index (χ0n) is 14.0. The summed E-state index contributed by atoms with van der Waals surface area (Å²) in [7, 11) is 0. The molecular weight excluding hydrogens is 355 g/mol. The molecule has 1 heterocycles. The van der Waals surface area contributed by atoms with E-state index >= 15 is 0 Å². The third-order valence-corrected chi connectivity index (χ3v) is 4.36. The first-order valence-electron chi connectivity index (χ1n) is 8.27. The van der Waals surface area contributed by atoms with E-state index in [-0.39, 0.29) is 12.1 Å². The quantitative estimate of drug-likeness (QED) is 0.497. The molecule has 27 heavy (non-hydrogen) atoms. The maximum absolute atomic E-state index is 12.8. The van der Waals surface area contributed by atoms with E-state index in [4.69, 9.17) is 4.42 Å². The number of carbonyl (C=O) groups excluding carboxylic acids is 1. The summed E-state index contributed by atoms with van der Waals surface area (Å²) in [4.78, 5) is 12.4. The minimum absolute atomic E-state index is 0.00273. The Bertz CT molecular complexity index is 1150. The second kappa shape index (κ2) is 6.46. The third-order valence-electron chi connectivity index (χ3n) is 4.36. The predicted molar refractivity (Wildman–Crippen MR) is 97.5 cm³/mol. The summed E-state index contributed by atoms with van der Waals surface area (Å²) >= 11 is 0. The van der Waals surface area contributed by atoms with E-state index in [0.29, 0.717) is 11.1 Å². The maximum Gasteiger partial charge on any atom is 0.416 e. The van der Waals surface area contributed by atoms with Crippen LogP contribution in [0.2, 0.25) is 0 Å². The van der Waals surface area contributed by atoms with Crippen LogP contribution in [0.1, 0.15) is 11.1 Å². The monoisotopic (exact) mass is 369 g/mol. The normalized spacial score (nSPS) is 11.8. The van der Waals surface area contributed by atoms with E-state index < -0.39 is 17.6 Å². The number of halogens is 3. The van der Waals surface area contributed by atoms with Crippen LogP contribution in [-0.2, 0) is 17.4 Å². The topological polar surface area (TPSA) is 42.2 Å². The van der Waals surface area contributed by atoms with Crippen molar-refractivity contribution < 1.29 is 22.4 Å². The maximum atomic E-state index is 12.8. The van der Waals surface area contributed by atoms with Crippen LogP contribution in [0.3, 0.4) is 0 Å². The van der Waals surface area contributed by atoms with Crippen molar-refractivity contribution in [3.05, 3.63) is 78.1 Å². The number of amides is 1. The number of fused-ring (bicyclic) bond motifs is 3. The summed E-state index contributed by atoms with van der Waals surface area (Å²) in [5, 5.41) is 5.35. The first kappa shape index (κ1) is 17.1. The molecule has 0 saturated heterocycles. The van der Waals surface area contributed by atoms with Crippen molar-refractivity contribution in [1.82, 2.24) is 0 Å². The number of hydrogen-bond donors (Lipinski definition) is 1. The van der Waals surface area contributed by atoms with Gasteiger partial charge in [-0.15, -0.1) is 0 Å². The van der Waals surface area contributed by atoms with Crippen molar-refractivity contribution in [2.75, 3.05) is 5.32 Å². The van der Waals surface area contributed by atoms with Crippen molar-refractivity contribution in [2.45, 2.75) is 12.6 Å². The zero-order chi connectivity index (χ0) is 19.0. The van der Waals surface area contributed by atoms with Gasteiger partial charge in [-0.2, -0.15) is 13.2 Å². The molecule has 0 saturated carbocycles. The summed E-state index contributed by atoms with van der Waals surface area (Å²) in [5.74, 6) is -0.412. The molecule has 0 atom stereocenters. The molecule has 4 rings (SSSR count). The molecule has 1 aromatic heterocycles.